The van der Waals surface area contributed by atoms with Crippen LogP contribution in [0.15, 0.2) is 47.4 Å². The highest BCUT2D eigenvalue weighted by Crippen LogP contribution is 2.27. The van der Waals surface area contributed by atoms with Gasteiger partial charge in [0, 0.05) is 24.5 Å². The SMILES string of the molecule is C.CCCCc1nc2ccccn2c(=O)c1-c1ccc(N[C@@H]2CCNC2)cc1C. The molecule has 0 unspecified atom stereocenters. The van der Waals surface area contributed by atoms with E-state index < -0.39 is 0 Å². The van der Waals surface area contributed by atoms with E-state index in [9.17, 15) is 4.79 Å². The predicted octanol–water partition coefficient (Wildman–Crippen LogP) is 4.42. The number of anilines is 1. The first-order chi connectivity index (χ1) is 13.7. The molecule has 5 nitrogen and oxygen atoms in total. The van der Waals surface area contributed by atoms with Gasteiger partial charge < -0.3 is 10.6 Å². The molecule has 0 saturated carbocycles. The van der Waals surface area contributed by atoms with Crippen LogP contribution in [0.1, 0.15) is 44.9 Å². The molecule has 1 aromatic carbocycles. The van der Waals surface area contributed by atoms with Crippen LogP contribution in [-0.2, 0) is 6.42 Å². The van der Waals surface area contributed by atoms with E-state index in [0.29, 0.717) is 11.7 Å². The fraction of sp³-hybridized carbons (Fsp3) is 0.417. The Hall–Kier alpha value is -2.66. The Morgan fingerprint density at radius 2 is 2.14 bits per heavy atom. The topological polar surface area (TPSA) is 58.4 Å². The normalized spacial score (nSPS) is 16.0. The lowest BCUT2D eigenvalue weighted by atomic mass is 9.97. The van der Waals surface area contributed by atoms with Crippen molar-refractivity contribution >= 4 is 11.3 Å². The van der Waals surface area contributed by atoms with E-state index in [1.807, 2.05) is 18.2 Å². The van der Waals surface area contributed by atoms with Crippen LogP contribution in [-0.4, -0.2) is 28.5 Å². The van der Waals surface area contributed by atoms with E-state index in [-0.39, 0.29) is 13.0 Å². The number of aryl methyl sites for hydroxylation is 2. The minimum atomic E-state index is 0. The van der Waals surface area contributed by atoms with Crippen LogP contribution in [0.5, 0.6) is 0 Å². The fourth-order valence-corrected chi connectivity index (χ4v) is 3.98. The maximum absolute atomic E-state index is 13.3. The van der Waals surface area contributed by atoms with Crippen molar-refractivity contribution in [1.29, 1.82) is 0 Å². The molecular weight excluding hydrogens is 360 g/mol. The van der Waals surface area contributed by atoms with Crippen LogP contribution in [0.4, 0.5) is 5.69 Å². The quantitative estimate of drug-likeness (QED) is 0.652. The Labute approximate surface area is 173 Å². The number of unbranched alkanes of at least 4 members (excludes halogenated alkanes) is 1. The Kier molecular flexibility index (Phi) is 6.70. The molecule has 2 aromatic heterocycles. The highest BCUT2D eigenvalue weighted by molar-refractivity contribution is 5.72. The van der Waals surface area contributed by atoms with Gasteiger partial charge in [-0.15, -0.1) is 0 Å². The lowest BCUT2D eigenvalue weighted by Crippen LogP contribution is -2.22. The fourth-order valence-electron chi connectivity index (χ4n) is 3.98. The molecule has 3 aromatic rings. The molecule has 0 amide bonds. The summed E-state index contributed by atoms with van der Waals surface area (Å²) in [6.07, 6.45) is 5.86. The summed E-state index contributed by atoms with van der Waals surface area (Å²) in [4.78, 5) is 18.2. The molecule has 1 aliphatic heterocycles. The van der Waals surface area contributed by atoms with E-state index in [1.165, 1.54) is 0 Å². The Balaban J connectivity index is 0.00000240. The summed E-state index contributed by atoms with van der Waals surface area (Å²) in [7, 11) is 0. The molecule has 1 fully saturated rings. The van der Waals surface area contributed by atoms with Gasteiger partial charge in [0.2, 0.25) is 0 Å². The maximum Gasteiger partial charge on any atom is 0.266 e. The maximum atomic E-state index is 13.3. The number of fused-ring (bicyclic) bond motifs is 1. The Bertz CT molecular complexity index is 1030. The summed E-state index contributed by atoms with van der Waals surface area (Å²) in [5.74, 6) is 0. The standard InChI is InChI=1S/C23H28N4O.CH4/c1-3-4-7-20-22(23(28)27-13-6-5-8-21(27)26-20)19-10-9-17(14-16(19)2)25-18-11-12-24-15-18;/h5-6,8-10,13-14,18,24-25H,3-4,7,11-12,15H2,1-2H3;1H4/t18-;/m1./s1. The predicted molar refractivity (Wildman–Crippen MR) is 122 cm³/mol. The molecule has 1 saturated heterocycles. The largest absolute Gasteiger partial charge is 0.381 e. The summed E-state index contributed by atoms with van der Waals surface area (Å²) in [5, 5.41) is 6.97. The van der Waals surface area contributed by atoms with Crippen LogP contribution < -0.4 is 16.2 Å². The van der Waals surface area contributed by atoms with Crippen molar-refractivity contribution in [3.63, 3.8) is 0 Å². The molecule has 5 heteroatoms. The van der Waals surface area contributed by atoms with E-state index in [2.05, 4.69) is 42.7 Å². The van der Waals surface area contributed by atoms with Crippen LogP contribution in [0.25, 0.3) is 16.8 Å². The van der Waals surface area contributed by atoms with Gasteiger partial charge >= 0.3 is 0 Å². The zero-order valence-corrected chi connectivity index (χ0v) is 16.7. The van der Waals surface area contributed by atoms with Crippen molar-refractivity contribution in [2.45, 2.75) is 53.0 Å². The van der Waals surface area contributed by atoms with Gasteiger partial charge in [-0.2, -0.15) is 0 Å². The van der Waals surface area contributed by atoms with E-state index >= 15 is 0 Å². The summed E-state index contributed by atoms with van der Waals surface area (Å²) in [5.41, 5.74) is 5.57. The molecule has 0 spiro atoms. The number of nitrogens with one attached hydrogen (secondary N) is 2. The van der Waals surface area contributed by atoms with Gasteiger partial charge in [-0.25, -0.2) is 4.98 Å². The van der Waals surface area contributed by atoms with Crippen molar-refractivity contribution in [3.8, 4) is 11.1 Å². The first kappa shape index (κ1) is 21.1. The summed E-state index contributed by atoms with van der Waals surface area (Å²) in [6.45, 7) is 6.31. The number of hydrogen-bond acceptors (Lipinski definition) is 4. The van der Waals surface area contributed by atoms with Gasteiger partial charge in [0.1, 0.15) is 5.65 Å². The lowest BCUT2D eigenvalue weighted by molar-refractivity contribution is 0.774. The average Bonchev–Trinajstić information content (AvgIpc) is 3.20. The van der Waals surface area contributed by atoms with Crippen LogP contribution in [0, 0.1) is 6.92 Å². The number of hydrogen-bond donors (Lipinski definition) is 2. The number of pyridine rings is 1. The Morgan fingerprint density at radius 3 is 2.86 bits per heavy atom. The van der Waals surface area contributed by atoms with E-state index in [0.717, 1.165) is 66.8 Å². The van der Waals surface area contributed by atoms with E-state index in [1.54, 1.807) is 10.6 Å². The van der Waals surface area contributed by atoms with Gasteiger partial charge in [0.15, 0.2) is 0 Å². The van der Waals surface area contributed by atoms with Crippen molar-refractivity contribution in [3.05, 3.63) is 64.2 Å². The molecule has 1 atom stereocenters. The van der Waals surface area contributed by atoms with Gasteiger partial charge in [0.25, 0.3) is 5.56 Å². The molecule has 1 aliphatic rings. The van der Waals surface area contributed by atoms with Crippen LogP contribution in [0.3, 0.4) is 0 Å². The summed E-state index contributed by atoms with van der Waals surface area (Å²) >= 11 is 0. The zero-order chi connectivity index (χ0) is 19.5. The minimum absolute atomic E-state index is 0. The van der Waals surface area contributed by atoms with Gasteiger partial charge in [0.05, 0.1) is 11.3 Å². The number of aromatic nitrogens is 2. The summed E-state index contributed by atoms with van der Waals surface area (Å²) < 4.78 is 1.65. The molecule has 29 heavy (non-hydrogen) atoms. The van der Waals surface area contributed by atoms with E-state index in [4.69, 9.17) is 4.98 Å². The molecule has 2 N–H and O–H groups in total. The van der Waals surface area contributed by atoms with Crippen molar-refractivity contribution in [2.24, 2.45) is 0 Å². The highest BCUT2D eigenvalue weighted by Gasteiger charge is 2.18. The first-order valence-corrected chi connectivity index (χ1v) is 10.3. The molecule has 3 heterocycles. The van der Waals surface area contributed by atoms with Gasteiger partial charge in [-0.1, -0.05) is 32.9 Å². The van der Waals surface area contributed by atoms with Crippen molar-refractivity contribution in [1.82, 2.24) is 14.7 Å². The van der Waals surface area contributed by atoms with Gasteiger partial charge in [-0.3, -0.25) is 9.20 Å². The number of benzene rings is 1. The third-order valence-corrected chi connectivity index (χ3v) is 5.50. The first-order valence-electron chi connectivity index (χ1n) is 10.3. The third kappa shape index (κ3) is 4.35. The third-order valence-electron chi connectivity index (χ3n) is 5.50. The zero-order valence-electron chi connectivity index (χ0n) is 16.7. The molecule has 4 rings (SSSR count). The Morgan fingerprint density at radius 1 is 1.28 bits per heavy atom. The van der Waals surface area contributed by atoms with Crippen molar-refractivity contribution in [2.75, 3.05) is 18.4 Å². The second-order valence-electron chi connectivity index (χ2n) is 7.63. The smallest absolute Gasteiger partial charge is 0.266 e. The van der Waals surface area contributed by atoms with Crippen LogP contribution >= 0.6 is 0 Å². The van der Waals surface area contributed by atoms with Crippen LogP contribution in [0.2, 0.25) is 0 Å². The summed E-state index contributed by atoms with van der Waals surface area (Å²) in [6, 6.07) is 12.5. The lowest BCUT2D eigenvalue weighted by Gasteiger charge is -2.16. The molecule has 154 valence electrons. The monoisotopic (exact) mass is 392 g/mol. The molecular formula is C24H32N4O. The average molecular weight is 393 g/mol. The molecule has 0 aliphatic carbocycles. The second-order valence-corrected chi connectivity index (χ2v) is 7.63. The second kappa shape index (κ2) is 9.23. The molecule has 0 radical (unpaired) electrons. The van der Waals surface area contributed by atoms with Crippen molar-refractivity contribution < 1.29 is 0 Å². The minimum Gasteiger partial charge on any atom is -0.381 e. The van der Waals surface area contributed by atoms with Gasteiger partial charge in [-0.05, 0) is 68.1 Å². The number of rotatable bonds is 6. The molecule has 0 bridgehead atoms. The highest BCUT2D eigenvalue weighted by atomic mass is 16.1. The number of nitrogens with zero attached hydrogens (tertiary/aromatic N) is 2.